The molecular formula is C73H94N12O13S4. The Balaban J connectivity index is 0.000000205. The zero-order valence-corrected chi connectivity index (χ0v) is 63.1. The standard InChI is InChI=1S/C37H48N6O7S2.C36H46N6O6S2/c1-22(2)28-21-51-33(39-28)27-19-30(25-12-13-29(49-6)23(3)31(25)38-27)50-18-14-26-32(44)41-37(34(45)42-52(47,48)36(4)15-16-36)20-24(37)11-9-7-8-10-17-43(5)35(46)40-26;1-22(2)29-21-49-32(38-29)28-19-30(25-12-11-23(3)18-27(25)37-28)48-17-13-26-31(43)40-36(33(44)41-50(46,47)35(4)14-15-35)20-24(36)10-8-6-7-9-16-42(5)34(45)39-26/h9,11-13,19,21-22,24,26H,7-8,10,14-18,20H2,1-6H3,(H,40,46)(H,41,44)(H,42,45);8,10-12,18-19,21-22,24,26H,6-7,9,13-17,20H2,1-5H3,(H,39,45)(H,40,43)(H,41,44)/b11-9-;10-8-/t24-,26+,37-;24-,26+,36-/m11/s1. The highest BCUT2D eigenvalue weighted by molar-refractivity contribution is 7.92. The van der Waals surface area contributed by atoms with Gasteiger partial charge in [-0.15, -0.1) is 22.7 Å². The molecule has 0 unspecified atom stereocenters. The van der Waals surface area contributed by atoms with Crippen LogP contribution in [0.2, 0.25) is 0 Å². The van der Waals surface area contributed by atoms with Gasteiger partial charge in [-0.05, 0) is 146 Å². The van der Waals surface area contributed by atoms with Crippen LogP contribution in [-0.4, -0.2) is 162 Å². The number of hydrogen-bond acceptors (Lipinski definition) is 19. The molecule has 25 nitrogen and oxygen atoms in total. The highest BCUT2D eigenvalue weighted by Crippen LogP contribution is 2.49. The van der Waals surface area contributed by atoms with Gasteiger partial charge in [-0.25, -0.2) is 46.4 Å². The van der Waals surface area contributed by atoms with E-state index in [4.69, 9.17) is 34.1 Å². The number of allylic oxidation sites excluding steroid dienone is 2. The van der Waals surface area contributed by atoms with Crippen molar-refractivity contribution in [2.24, 2.45) is 11.8 Å². The molecule has 2 aromatic carbocycles. The van der Waals surface area contributed by atoms with Crippen LogP contribution in [0.4, 0.5) is 9.59 Å². The largest absolute Gasteiger partial charge is 0.496 e. The van der Waals surface area contributed by atoms with Crippen molar-refractivity contribution < 1.29 is 59.8 Å². The van der Waals surface area contributed by atoms with Crippen LogP contribution in [0.15, 0.2) is 77.5 Å². The maximum Gasteiger partial charge on any atom is 0.317 e. The molecule has 8 amide bonds. The van der Waals surface area contributed by atoms with Crippen molar-refractivity contribution in [2.75, 3.05) is 47.5 Å². The number of sulfonamides is 2. The number of urea groups is 2. The van der Waals surface area contributed by atoms with E-state index in [9.17, 15) is 45.6 Å². The molecule has 4 aromatic heterocycles. The molecule has 0 bridgehead atoms. The summed E-state index contributed by atoms with van der Waals surface area (Å²) in [4.78, 5) is 104. The molecule has 4 aliphatic carbocycles. The van der Waals surface area contributed by atoms with Crippen molar-refractivity contribution in [2.45, 2.75) is 190 Å². The zero-order valence-electron chi connectivity index (χ0n) is 59.8. The molecule has 6 aromatic rings. The lowest BCUT2D eigenvalue weighted by molar-refractivity contribution is -0.130. The first-order valence-electron chi connectivity index (χ1n) is 35.1. The fourth-order valence-electron chi connectivity index (χ4n) is 12.4. The lowest BCUT2D eigenvalue weighted by atomic mass is 10.1. The van der Waals surface area contributed by atoms with Gasteiger partial charge in [0.2, 0.25) is 31.9 Å². The summed E-state index contributed by atoms with van der Waals surface area (Å²) >= 11 is 3.02. The Bertz CT molecular complexity index is 4510. The van der Waals surface area contributed by atoms with Crippen molar-refractivity contribution in [3.05, 3.63) is 100 Å². The number of amides is 8. The van der Waals surface area contributed by atoms with Gasteiger partial charge in [-0.3, -0.25) is 28.6 Å². The van der Waals surface area contributed by atoms with Crippen LogP contribution in [0.1, 0.15) is 166 Å². The average molecular weight is 1480 g/mol. The molecule has 0 saturated heterocycles. The number of aryl methyl sites for hydroxylation is 2. The normalized spacial score (nSPS) is 24.2. The number of carbonyl (C=O) groups excluding carboxylic acids is 6. The van der Waals surface area contributed by atoms with E-state index in [0.29, 0.717) is 72.9 Å². The first-order chi connectivity index (χ1) is 48.4. The monoisotopic (exact) mass is 1470 g/mol. The van der Waals surface area contributed by atoms with E-state index in [0.717, 1.165) is 87.3 Å². The Morgan fingerprint density at radius 2 is 1.07 bits per heavy atom. The van der Waals surface area contributed by atoms with Crippen LogP contribution >= 0.6 is 22.7 Å². The van der Waals surface area contributed by atoms with Crippen LogP contribution in [0.3, 0.4) is 0 Å². The number of nitrogens with one attached hydrogen (secondary N) is 6. The number of rotatable bonds is 19. The first-order valence-corrected chi connectivity index (χ1v) is 39.8. The van der Waals surface area contributed by atoms with E-state index in [2.05, 4.69) is 58.4 Å². The van der Waals surface area contributed by atoms with Gasteiger partial charge < -0.3 is 45.3 Å². The Hall–Kier alpha value is -8.28. The van der Waals surface area contributed by atoms with Crippen molar-refractivity contribution in [3.63, 3.8) is 0 Å². The number of carbonyl (C=O) groups is 6. The molecule has 548 valence electrons. The molecule has 0 spiro atoms. The summed E-state index contributed by atoms with van der Waals surface area (Å²) in [7, 11) is -2.92. The molecular weight excluding hydrogens is 1380 g/mol. The summed E-state index contributed by atoms with van der Waals surface area (Å²) in [6, 6.07) is 10.3. The third-order valence-corrected chi connectivity index (χ3v) is 26.5. The quantitative estimate of drug-likeness (QED) is 0.0411. The van der Waals surface area contributed by atoms with Crippen molar-refractivity contribution in [1.82, 2.24) is 60.4 Å². The van der Waals surface area contributed by atoms with Crippen molar-refractivity contribution >= 4 is 100 Å². The minimum Gasteiger partial charge on any atom is -0.496 e. The average Bonchev–Trinajstić information content (AvgIpc) is 1.57. The van der Waals surface area contributed by atoms with Gasteiger partial charge >= 0.3 is 12.1 Å². The van der Waals surface area contributed by atoms with Crippen LogP contribution in [0.5, 0.6) is 17.2 Å². The Labute approximate surface area is 604 Å². The smallest absolute Gasteiger partial charge is 0.317 e. The second-order valence-corrected chi connectivity index (χ2v) is 35.2. The van der Waals surface area contributed by atoms with Crippen LogP contribution < -0.4 is 44.9 Å². The number of thiazole rings is 2. The van der Waals surface area contributed by atoms with Crippen molar-refractivity contribution in [1.29, 1.82) is 0 Å². The van der Waals surface area contributed by atoms with Crippen LogP contribution in [0.25, 0.3) is 43.2 Å². The summed E-state index contributed by atoms with van der Waals surface area (Å²) in [5, 5.41) is 18.5. The lowest BCUT2D eigenvalue weighted by Crippen LogP contribution is -2.58. The van der Waals surface area contributed by atoms with Gasteiger partial charge in [0, 0.05) is 91.1 Å². The van der Waals surface area contributed by atoms with Crippen LogP contribution in [0, 0.1) is 25.7 Å². The summed E-state index contributed by atoms with van der Waals surface area (Å²) in [6.07, 6.45) is 14.8. The fourth-order valence-corrected chi connectivity index (χ4v) is 16.9. The van der Waals surface area contributed by atoms with E-state index in [1.54, 1.807) is 35.1 Å². The molecule has 29 heteroatoms. The number of methoxy groups -OCH3 is 1. The maximum absolute atomic E-state index is 14.0. The molecule has 4 saturated carbocycles. The minimum absolute atomic E-state index is 0.0239. The number of ether oxygens (including phenoxy) is 3. The van der Waals surface area contributed by atoms with Gasteiger partial charge in [0.15, 0.2) is 0 Å². The van der Waals surface area contributed by atoms with E-state index in [1.165, 1.54) is 32.5 Å². The van der Waals surface area contributed by atoms with Crippen LogP contribution in [-0.2, 0) is 39.2 Å². The molecule has 0 radical (unpaired) electrons. The predicted molar refractivity (Wildman–Crippen MR) is 393 cm³/mol. The van der Waals surface area contributed by atoms with Crippen molar-refractivity contribution in [3.8, 4) is 38.7 Å². The second-order valence-electron chi connectivity index (χ2n) is 29.1. The fraction of sp³-hybridized carbons (Fsp3) is 0.534. The summed E-state index contributed by atoms with van der Waals surface area (Å²) in [5.74, 6) is -1.18. The Kier molecular flexibility index (Phi) is 22.2. The zero-order chi connectivity index (χ0) is 73.3. The Morgan fingerprint density at radius 3 is 1.51 bits per heavy atom. The van der Waals surface area contributed by atoms with E-state index < -0.39 is 88.4 Å². The van der Waals surface area contributed by atoms with Gasteiger partial charge in [0.05, 0.1) is 52.2 Å². The molecule has 6 heterocycles. The van der Waals surface area contributed by atoms with Gasteiger partial charge in [-0.1, -0.05) is 58.1 Å². The topological polar surface area (TPSA) is 329 Å². The summed E-state index contributed by atoms with van der Waals surface area (Å²) in [5.41, 5.74) is 3.68. The minimum atomic E-state index is -3.94. The second kappa shape index (κ2) is 30.2. The van der Waals surface area contributed by atoms with Gasteiger partial charge in [-0.2, -0.15) is 0 Å². The highest BCUT2D eigenvalue weighted by Gasteiger charge is 2.64. The highest BCUT2D eigenvalue weighted by atomic mass is 32.2. The molecule has 4 fully saturated rings. The molecule has 6 N–H and O–H groups in total. The number of pyridine rings is 2. The Morgan fingerprint density at radius 1 is 0.618 bits per heavy atom. The first kappa shape index (κ1) is 74.9. The molecule has 102 heavy (non-hydrogen) atoms. The molecule has 6 atom stereocenters. The third kappa shape index (κ3) is 16.5. The number of hydrogen-bond donors (Lipinski definition) is 6. The SMILES string of the molecule is COc1ccc2c(OCC[C@@H]3NC(=O)N(C)CCCC/C=C\[C@@H]4C[C@@]4(C(=O)NS(=O)(=O)C4(C)CC4)NC3=O)cc(-c3nc(C(C)C)cs3)nc2c1C.Cc1ccc2c(OCC[C@@H]3NC(=O)N(C)CCCC/C=C\[C@@H]4C[C@@]4(C(=O)NS(=O)(=O)C4(C)CC4)NC3=O)cc(-c3nc(C(C)C)cs3)nc2c1. The van der Waals surface area contributed by atoms with E-state index in [-0.39, 0.29) is 62.6 Å². The maximum atomic E-state index is 14.0. The summed E-state index contributed by atoms with van der Waals surface area (Å²) < 4.78 is 72.9. The van der Waals surface area contributed by atoms with E-state index in [1.807, 2.05) is 91.4 Å². The predicted octanol–water partition coefficient (Wildman–Crippen LogP) is 10.4. The van der Waals surface area contributed by atoms with E-state index >= 15 is 0 Å². The number of benzene rings is 2. The number of fused-ring (bicyclic) bond motifs is 4. The molecule has 2 aliphatic heterocycles. The van der Waals surface area contributed by atoms with Gasteiger partial charge in [0.25, 0.3) is 11.8 Å². The number of aromatic nitrogens is 4. The number of nitrogens with zero attached hydrogens (tertiary/aromatic N) is 6. The summed E-state index contributed by atoms with van der Waals surface area (Å²) in [6.45, 7) is 16.6. The molecule has 6 aliphatic rings. The lowest BCUT2D eigenvalue weighted by Gasteiger charge is -2.26. The third-order valence-electron chi connectivity index (χ3n) is 20.4. The van der Waals surface area contributed by atoms with Gasteiger partial charge in [0.1, 0.15) is 61.8 Å². The molecule has 12 rings (SSSR count).